The molecule has 3 aliphatic rings. The number of rotatable bonds is 4. The van der Waals surface area contributed by atoms with Gasteiger partial charge in [0.2, 0.25) is 5.95 Å². The van der Waals surface area contributed by atoms with Crippen molar-refractivity contribution in [3.8, 4) is 6.07 Å². The number of benzene rings is 1. The lowest BCUT2D eigenvalue weighted by molar-refractivity contribution is -0.0809. The molecule has 1 aliphatic carbocycles. The van der Waals surface area contributed by atoms with Gasteiger partial charge in [-0.3, -0.25) is 4.90 Å². The minimum Gasteiger partial charge on any atom is -0.335 e. The molecule has 0 unspecified atom stereocenters. The van der Waals surface area contributed by atoms with E-state index >= 15 is 0 Å². The summed E-state index contributed by atoms with van der Waals surface area (Å²) in [6, 6.07) is 13.1. The summed E-state index contributed by atoms with van der Waals surface area (Å²) in [5.41, 5.74) is 2.23. The standard InChI is InChI=1S/C24H29N7O/c1-18-14-30(7-8-31(18)22-26-12-20(11-25)13-27-22)23(32)28-21-9-24(10-21)16-29(17-24)15-19-5-3-2-4-6-19/h2-6,12-13,18,21H,7-10,14-17H2,1H3,(H,28,32)/t18-/m1/s1. The molecule has 1 saturated carbocycles. The fraction of sp³-hybridized carbons (Fsp3) is 0.500. The Morgan fingerprint density at radius 3 is 2.56 bits per heavy atom. The quantitative estimate of drug-likeness (QED) is 0.799. The van der Waals surface area contributed by atoms with Crippen molar-refractivity contribution >= 4 is 12.0 Å². The van der Waals surface area contributed by atoms with Crippen LogP contribution in [0.25, 0.3) is 0 Å². The van der Waals surface area contributed by atoms with Crippen LogP contribution < -0.4 is 10.2 Å². The molecule has 2 saturated heterocycles. The number of nitriles is 1. The number of nitrogens with zero attached hydrogens (tertiary/aromatic N) is 6. The molecule has 32 heavy (non-hydrogen) atoms. The maximum absolute atomic E-state index is 12.8. The van der Waals surface area contributed by atoms with Gasteiger partial charge >= 0.3 is 6.03 Å². The second-order valence-corrected chi connectivity index (χ2v) is 9.56. The molecule has 1 spiro atoms. The van der Waals surface area contributed by atoms with Crippen LogP contribution in [0.3, 0.4) is 0 Å². The SMILES string of the molecule is C[C@@H]1CN(C(=O)NC2CC3(C2)CN(Cc2ccccc2)C3)CCN1c1ncc(C#N)cn1. The average molecular weight is 432 g/mol. The number of hydrogen-bond donors (Lipinski definition) is 1. The van der Waals surface area contributed by atoms with Gasteiger partial charge in [-0.05, 0) is 30.7 Å². The molecule has 0 bridgehead atoms. The molecule has 5 rings (SSSR count). The van der Waals surface area contributed by atoms with Crippen LogP contribution in [0.4, 0.5) is 10.7 Å². The molecule has 3 heterocycles. The Bertz CT molecular complexity index is 989. The third-order valence-corrected chi connectivity index (χ3v) is 6.99. The topological polar surface area (TPSA) is 88.4 Å². The highest BCUT2D eigenvalue weighted by Crippen LogP contribution is 2.48. The van der Waals surface area contributed by atoms with Crippen molar-refractivity contribution in [2.45, 2.75) is 38.4 Å². The summed E-state index contributed by atoms with van der Waals surface area (Å²) >= 11 is 0. The Kier molecular flexibility index (Phi) is 5.43. The van der Waals surface area contributed by atoms with Crippen molar-refractivity contribution < 1.29 is 4.79 Å². The minimum atomic E-state index is 0.0394. The van der Waals surface area contributed by atoms with Crippen molar-refractivity contribution in [3.05, 3.63) is 53.9 Å². The van der Waals surface area contributed by atoms with E-state index < -0.39 is 0 Å². The van der Waals surface area contributed by atoms with Crippen LogP contribution in [0.1, 0.15) is 30.9 Å². The van der Waals surface area contributed by atoms with Gasteiger partial charge in [0.05, 0.1) is 18.0 Å². The second kappa shape index (κ2) is 8.40. The van der Waals surface area contributed by atoms with Gasteiger partial charge in [-0.1, -0.05) is 30.3 Å². The summed E-state index contributed by atoms with van der Waals surface area (Å²) in [6.07, 6.45) is 5.25. The summed E-state index contributed by atoms with van der Waals surface area (Å²) in [5, 5.41) is 12.2. The molecule has 1 aromatic heterocycles. The Morgan fingerprint density at radius 2 is 1.91 bits per heavy atom. The van der Waals surface area contributed by atoms with Gasteiger partial charge in [-0.25, -0.2) is 14.8 Å². The molecule has 2 aromatic rings. The van der Waals surface area contributed by atoms with Crippen LogP contribution in [0, 0.1) is 16.7 Å². The van der Waals surface area contributed by atoms with Gasteiger partial charge in [0.15, 0.2) is 0 Å². The first-order valence-electron chi connectivity index (χ1n) is 11.3. The van der Waals surface area contributed by atoms with E-state index in [1.54, 1.807) is 12.4 Å². The van der Waals surface area contributed by atoms with Crippen LogP contribution in [-0.2, 0) is 6.54 Å². The van der Waals surface area contributed by atoms with Crippen molar-refractivity contribution in [2.24, 2.45) is 5.41 Å². The molecule has 0 radical (unpaired) electrons. The molecule has 2 aliphatic heterocycles. The van der Waals surface area contributed by atoms with E-state index in [2.05, 4.69) is 62.3 Å². The van der Waals surface area contributed by atoms with Gasteiger partial charge in [0, 0.05) is 51.4 Å². The van der Waals surface area contributed by atoms with E-state index in [0.717, 1.165) is 32.5 Å². The lowest BCUT2D eigenvalue weighted by Crippen LogP contribution is -2.67. The van der Waals surface area contributed by atoms with Gasteiger partial charge in [0.25, 0.3) is 0 Å². The summed E-state index contributed by atoms with van der Waals surface area (Å²) in [6.45, 7) is 7.33. The normalized spacial score (nSPS) is 22.7. The molecule has 1 N–H and O–H groups in total. The zero-order valence-corrected chi connectivity index (χ0v) is 18.4. The summed E-state index contributed by atoms with van der Waals surface area (Å²) in [4.78, 5) is 27.9. The highest BCUT2D eigenvalue weighted by molar-refractivity contribution is 5.75. The van der Waals surface area contributed by atoms with Crippen LogP contribution >= 0.6 is 0 Å². The van der Waals surface area contributed by atoms with Crippen LogP contribution in [0.5, 0.6) is 0 Å². The number of piperazine rings is 1. The van der Waals surface area contributed by atoms with Crippen LogP contribution in [-0.4, -0.2) is 70.6 Å². The average Bonchev–Trinajstić information content (AvgIpc) is 2.77. The number of likely N-dealkylation sites (tertiary alicyclic amines) is 1. The van der Waals surface area contributed by atoms with Crippen molar-refractivity contribution in [1.29, 1.82) is 5.26 Å². The van der Waals surface area contributed by atoms with Crippen molar-refractivity contribution in [1.82, 2.24) is 25.1 Å². The van der Waals surface area contributed by atoms with Gasteiger partial charge in [-0.15, -0.1) is 0 Å². The number of urea groups is 1. The van der Waals surface area contributed by atoms with E-state index in [0.29, 0.717) is 36.6 Å². The molecular formula is C24H29N7O. The van der Waals surface area contributed by atoms with Crippen molar-refractivity contribution in [2.75, 3.05) is 37.6 Å². The maximum Gasteiger partial charge on any atom is 0.317 e. The third kappa shape index (κ3) is 4.13. The zero-order valence-electron chi connectivity index (χ0n) is 18.4. The number of nitrogens with one attached hydrogen (secondary N) is 1. The Morgan fingerprint density at radius 1 is 1.19 bits per heavy atom. The molecule has 1 atom stereocenters. The predicted molar refractivity (Wildman–Crippen MR) is 121 cm³/mol. The fourth-order valence-electron chi connectivity index (χ4n) is 5.43. The molecule has 2 amide bonds. The first-order valence-corrected chi connectivity index (χ1v) is 11.3. The van der Waals surface area contributed by atoms with Gasteiger partial charge in [0.1, 0.15) is 6.07 Å². The highest BCUT2D eigenvalue weighted by atomic mass is 16.2. The van der Waals surface area contributed by atoms with E-state index in [1.807, 2.05) is 11.0 Å². The molecule has 1 aromatic carbocycles. The van der Waals surface area contributed by atoms with Crippen molar-refractivity contribution in [3.63, 3.8) is 0 Å². The minimum absolute atomic E-state index is 0.0394. The molecule has 8 heteroatoms. The first-order chi connectivity index (χ1) is 15.5. The number of aromatic nitrogens is 2. The number of amides is 2. The number of carbonyl (C=O) groups is 1. The molecule has 8 nitrogen and oxygen atoms in total. The highest BCUT2D eigenvalue weighted by Gasteiger charge is 2.52. The molecular weight excluding hydrogens is 402 g/mol. The lowest BCUT2D eigenvalue weighted by Gasteiger charge is -2.59. The first kappa shape index (κ1) is 20.7. The zero-order chi connectivity index (χ0) is 22.1. The Balaban J connectivity index is 1.05. The summed E-state index contributed by atoms with van der Waals surface area (Å²) in [5.74, 6) is 0.613. The predicted octanol–water partition coefficient (Wildman–Crippen LogP) is 2.23. The van der Waals surface area contributed by atoms with E-state index in [-0.39, 0.29) is 18.1 Å². The monoisotopic (exact) mass is 431 g/mol. The number of anilines is 1. The number of carbonyl (C=O) groups excluding carboxylic acids is 1. The van der Waals surface area contributed by atoms with Gasteiger partial charge in [-0.2, -0.15) is 5.26 Å². The maximum atomic E-state index is 12.8. The van der Waals surface area contributed by atoms with Gasteiger partial charge < -0.3 is 15.1 Å². The second-order valence-electron chi connectivity index (χ2n) is 9.56. The number of hydrogen-bond acceptors (Lipinski definition) is 6. The summed E-state index contributed by atoms with van der Waals surface area (Å²) < 4.78 is 0. The summed E-state index contributed by atoms with van der Waals surface area (Å²) in [7, 11) is 0. The lowest BCUT2D eigenvalue weighted by atomic mass is 9.60. The largest absolute Gasteiger partial charge is 0.335 e. The third-order valence-electron chi connectivity index (χ3n) is 6.99. The smallest absolute Gasteiger partial charge is 0.317 e. The van der Waals surface area contributed by atoms with E-state index in [1.165, 1.54) is 5.56 Å². The van der Waals surface area contributed by atoms with E-state index in [9.17, 15) is 4.79 Å². The van der Waals surface area contributed by atoms with Crippen LogP contribution in [0.15, 0.2) is 42.7 Å². The Labute approximate surface area is 188 Å². The van der Waals surface area contributed by atoms with E-state index in [4.69, 9.17) is 5.26 Å². The van der Waals surface area contributed by atoms with Crippen LogP contribution in [0.2, 0.25) is 0 Å². The molecule has 3 fully saturated rings. The Hall–Kier alpha value is -3.18. The molecule has 166 valence electrons. The fourth-order valence-corrected chi connectivity index (χ4v) is 5.43.